The quantitative estimate of drug-likeness (QED) is 0.433. The second-order valence-electron chi connectivity index (χ2n) is 7.96. The third-order valence-corrected chi connectivity index (χ3v) is 5.39. The Labute approximate surface area is 181 Å². The fourth-order valence-electron chi connectivity index (χ4n) is 3.48. The summed E-state index contributed by atoms with van der Waals surface area (Å²) in [7, 11) is 0. The molecule has 1 saturated carbocycles. The molecule has 0 radical (unpaired) electrons. The molecule has 0 aromatic carbocycles. The van der Waals surface area contributed by atoms with Gasteiger partial charge in [0.25, 0.3) is 0 Å². The van der Waals surface area contributed by atoms with E-state index in [9.17, 15) is 19.4 Å². The SMILES string of the molecule is C=C(/C=C(C)\C(=C/C)c1cnc2cc(NC(=O)C3CC3F)ncc2c1)C(O)(O)CCC. The molecule has 6 nitrogen and oxygen atoms in total. The van der Waals surface area contributed by atoms with E-state index in [2.05, 4.69) is 21.9 Å². The van der Waals surface area contributed by atoms with E-state index in [1.807, 2.05) is 32.9 Å². The molecule has 3 rings (SSSR count). The number of amides is 1. The van der Waals surface area contributed by atoms with Gasteiger partial charge >= 0.3 is 0 Å². The minimum atomic E-state index is -1.94. The highest BCUT2D eigenvalue weighted by Gasteiger charge is 2.43. The second kappa shape index (κ2) is 9.08. The predicted molar refractivity (Wildman–Crippen MR) is 120 cm³/mol. The molecular formula is C24H28FN3O3. The van der Waals surface area contributed by atoms with Crippen LogP contribution in [-0.2, 0) is 4.79 Å². The van der Waals surface area contributed by atoms with E-state index in [-0.39, 0.29) is 24.3 Å². The summed E-state index contributed by atoms with van der Waals surface area (Å²) >= 11 is 0. The van der Waals surface area contributed by atoms with Crippen LogP contribution in [-0.4, -0.2) is 38.0 Å². The van der Waals surface area contributed by atoms with Gasteiger partial charge in [0, 0.05) is 41.4 Å². The van der Waals surface area contributed by atoms with Crippen molar-refractivity contribution >= 4 is 28.2 Å². The number of nitrogens with zero attached hydrogens (tertiary/aromatic N) is 2. The van der Waals surface area contributed by atoms with Crippen molar-refractivity contribution < 1.29 is 19.4 Å². The second-order valence-corrected chi connectivity index (χ2v) is 7.96. The highest BCUT2D eigenvalue weighted by Crippen LogP contribution is 2.35. The van der Waals surface area contributed by atoms with E-state index in [0.717, 1.165) is 22.1 Å². The van der Waals surface area contributed by atoms with Gasteiger partial charge in [-0.15, -0.1) is 0 Å². The molecule has 3 N–H and O–H groups in total. The Bertz CT molecular complexity index is 1070. The molecular weight excluding hydrogens is 397 g/mol. The van der Waals surface area contributed by atoms with E-state index in [1.165, 1.54) is 0 Å². The van der Waals surface area contributed by atoms with Crippen molar-refractivity contribution in [3.8, 4) is 0 Å². The zero-order chi connectivity index (χ0) is 22.8. The van der Waals surface area contributed by atoms with Gasteiger partial charge in [-0.05, 0) is 37.5 Å². The van der Waals surface area contributed by atoms with Gasteiger partial charge in [0.15, 0.2) is 5.79 Å². The molecule has 0 aliphatic heterocycles. The maximum Gasteiger partial charge on any atom is 0.231 e. The number of halogens is 1. The first kappa shape index (κ1) is 22.8. The van der Waals surface area contributed by atoms with Crippen molar-refractivity contribution in [3.63, 3.8) is 0 Å². The Morgan fingerprint density at radius 1 is 1.35 bits per heavy atom. The molecule has 2 atom stereocenters. The minimum absolute atomic E-state index is 0.204. The third-order valence-electron chi connectivity index (χ3n) is 5.39. The summed E-state index contributed by atoms with van der Waals surface area (Å²) in [6.45, 7) is 9.45. The minimum Gasteiger partial charge on any atom is -0.362 e. The van der Waals surface area contributed by atoms with Crippen LogP contribution in [0, 0.1) is 5.92 Å². The van der Waals surface area contributed by atoms with Crippen molar-refractivity contribution in [2.24, 2.45) is 5.92 Å². The first-order chi connectivity index (χ1) is 14.7. The van der Waals surface area contributed by atoms with Crippen LogP contribution in [0.15, 0.2) is 54.4 Å². The lowest BCUT2D eigenvalue weighted by molar-refractivity contribution is -0.130. The van der Waals surface area contributed by atoms with Gasteiger partial charge < -0.3 is 15.5 Å². The van der Waals surface area contributed by atoms with Crippen molar-refractivity contribution in [1.82, 2.24) is 9.97 Å². The number of carbonyl (C=O) groups excluding carboxylic acids is 1. The first-order valence-electron chi connectivity index (χ1n) is 10.4. The Kier molecular flexibility index (Phi) is 6.67. The van der Waals surface area contributed by atoms with Crippen LogP contribution < -0.4 is 5.32 Å². The molecule has 0 saturated heterocycles. The monoisotopic (exact) mass is 425 g/mol. The van der Waals surface area contributed by atoms with Crippen molar-refractivity contribution in [2.45, 2.75) is 52.0 Å². The Morgan fingerprint density at radius 3 is 2.68 bits per heavy atom. The molecule has 31 heavy (non-hydrogen) atoms. The van der Waals surface area contributed by atoms with Crippen LogP contribution in [0.2, 0.25) is 0 Å². The lowest BCUT2D eigenvalue weighted by atomic mass is 9.94. The lowest BCUT2D eigenvalue weighted by Gasteiger charge is -2.22. The number of hydrogen-bond acceptors (Lipinski definition) is 5. The number of allylic oxidation sites excluding steroid dienone is 3. The smallest absolute Gasteiger partial charge is 0.231 e. The van der Waals surface area contributed by atoms with Crippen LogP contribution >= 0.6 is 0 Å². The molecule has 0 bridgehead atoms. The van der Waals surface area contributed by atoms with Crippen LogP contribution in [0.5, 0.6) is 0 Å². The van der Waals surface area contributed by atoms with Gasteiger partial charge in [0.05, 0.1) is 11.4 Å². The van der Waals surface area contributed by atoms with Gasteiger partial charge in [0.2, 0.25) is 5.91 Å². The van der Waals surface area contributed by atoms with Gasteiger partial charge in [-0.1, -0.05) is 32.1 Å². The van der Waals surface area contributed by atoms with Gasteiger partial charge in [0.1, 0.15) is 12.0 Å². The molecule has 164 valence electrons. The summed E-state index contributed by atoms with van der Waals surface area (Å²) in [6.07, 6.45) is 6.93. The van der Waals surface area contributed by atoms with Gasteiger partial charge in [-0.3, -0.25) is 9.78 Å². The molecule has 1 fully saturated rings. The highest BCUT2D eigenvalue weighted by atomic mass is 19.1. The first-order valence-corrected chi connectivity index (χ1v) is 10.4. The standard InChI is InChI=1S/C24H28FN3O3/c1-5-7-24(30,31)15(4)8-14(3)18(6-2)16-9-17-13-27-22(11-21(17)26-12-16)28-23(29)19-10-20(19)25/h6,8-9,11-13,19-20,30-31H,4-5,7,10H2,1-3H3,(H,27,28,29)/b14-8-,18-6+. The van der Waals surface area contributed by atoms with Crippen molar-refractivity contribution in [3.05, 3.63) is 60.0 Å². The number of alkyl halides is 1. The molecule has 0 spiro atoms. The average Bonchev–Trinajstić information content (AvgIpc) is 3.45. The van der Waals surface area contributed by atoms with Gasteiger partial charge in [-0.25, -0.2) is 9.37 Å². The number of pyridine rings is 2. The number of anilines is 1. The van der Waals surface area contributed by atoms with Crippen molar-refractivity contribution in [1.29, 1.82) is 0 Å². The molecule has 1 aliphatic rings. The zero-order valence-electron chi connectivity index (χ0n) is 18.0. The maximum atomic E-state index is 13.0. The summed E-state index contributed by atoms with van der Waals surface area (Å²) in [5.74, 6) is -2.54. The van der Waals surface area contributed by atoms with Crippen LogP contribution in [0.3, 0.4) is 0 Å². The number of aliphatic hydroxyl groups is 2. The Morgan fingerprint density at radius 2 is 2.06 bits per heavy atom. The van der Waals surface area contributed by atoms with Crippen LogP contribution in [0.4, 0.5) is 10.2 Å². The number of nitrogens with one attached hydrogen (secondary N) is 1. The molecule has 1 aliphatic carbocycles. The van der Waals surface area contributed by atoms with E-state index >= 15 is 0 Å². The highest BCUT2D eigenvalue weighted by molar-refractivity contribution is 5.95. The number of hydrogen-bond donors (Lipinski definition) is 3. The molecule has 2 aromatic rings. The fourth-order valence-corrected chi connectivity index (χ4v) is 3.48. The predicted octanol–water partition coefficient (Wildman–Crippen LogP) is 4.31. The number of carbonyl (C=O) groups is 1. The average molecular weight is 426 g/mol. The third kappa shape index (κ3) is 5.24. The van der Waals surface area contributed by atoms with E-state index in [0.29, 0.717) is 17.8 Å². The van der Waals surface area contributed by atoms with Gasteiger partial charge in [-0.2, -0.15) is 0 Å². The molecule has 2 aromatic heterocycles. The molecule has 7 heteroatoms. The molecule has 2 heterocycles. The van der Waals surface area contributed by atoms with Crippen LogP contribution in [0.25, 0.3) is 16.5 Å². The summed E-state index contributed by atoms with van der Waals surface area (Å²) < 4.78 is 13.0. The van der Waals surface area contributed by atoms with Crippen molar-refractivity contribution in [2.75, 3.05) is 5.32 Å². The van der Waals surface area contributed by atoms with E-state index < -0.39 is 17.9 Å². The van der Waals surface area contributed by atoms with E-state index in [4.69, 9.17) is 0 Å². The largest absolute Gasteiger partial charge is 0.362 e. The topological polar surface area (TPSA) is 95.3 Å². The molecule has 1 amide bonds. The number of aromatic nitrogens is 2. The maximum absolute atomic E-state index is 13.0. The lowest BCUT2D eigenvalue weighted by Crippen LogP contribution is -2.29. The Hall–Kier alpha value is -2.90. The zero-order valence-corrected chi connectivity index (χ0v) is 18.0. The van der Waals surface area contributed by atoms with Crippen LogP contribution in [0.1, 0.15) is 45.6 Å². The fraction of sp³-hybridized carbons (Fsp3) is 0.375. The number of fused-ring (bicyclic) bond motifs is 1. The normalized spacial score (nSPS) is 19.4. The molecule has 2 unspecified atom stereocenters. The summed E-state index contributed by atoms with van der Waals surface area (Å²) in [4.78, 5) is 20.6. The Balaban J connectivity index is 1.82. The van der Waals surface area contributed by atoms with E-state index in [1.54, 1.807) is 24.5 Å². The summed E-state index contributed by atoms with van der Waals surface area (Å²) in [5, 5.41) is 23.7. The number of rotatable bonds is 8. The summed E-state index contributed by atoms with van der Waals surface area (Å²) in [6, 6.07) is 3.58. The summed E-state index contributed by atoms with van der Waals surface area (Å²) in [5.41, 5.74) is 3.41.